The van der Waals surface area contributed by atoms with Crippen LogP contribution in [0, 0.1) is 10.1 Å². The van der Waals surface area contributed by atoms with Gasteiger partial charge in [0.1, 0.15) is 5.82 Å². The number of aromatic nitrogens is 2. The summed E-state index contributed by atoms with van der Waals surface area (Å²) in [5.74, 6) is -1.51. The molecule has 9 nitrogen and oxygen atoms in total. The van der Waals surface area contributed by atoms with Crippen molar-refractivity contribution in [2.24, 2.45) is 0 Å². The number of ether oxygens (including phenoxy) is 1. The Balaban J connectivity index is 2.11. The zero-order chi connectivity index (χ0) is 23.5. The number of hydrogen-bond acceptors (Lipinski definition) is 8. The Bertz CT molecular complexity index is 1320. The van der Waals surface area contributed by atoms with Crippen molar-refractivity contribution in [3.63, 3.8) is 0 Å². The Labute approximate surface area is 193 Å². The number of aromatic amines is 1. The molecule has 4 rings (SSSR count). The number of benzene rings is 2. The summed E-state index contributed by atoms with van der Waals surface area (Å²) in [7, 11) is 0. The van der Waals surface area contributed by atoms with Crippen molar-refractivity contribution in [1.82, 2.24) is 9.97 Å². The van der Waals surface area contributed by atoms with Crippen LogP contribution in [0.3, 0.4) is 0 Å². The van der Waals surface area contributed by atoms with E-state index < -0.39 is 22.4 Å². The summed E-state index contributed by atoms with van der Waals surface area (Å²) in [5.41, 5.74) is 0.758. The van der Waals surface area contributed by atoms with E-state index in [0.29, 0.717) is 16.4 Å². The van der Waals surface area contributed by atoms with Gasteiger partial charge in [-0.3, -0.25) is 14.9 Å². The van der Waals surface area contributed by atoms with Crippen molar-refractivity contribution < 1.29 is 14.5 Å². The van der Waals surface area contributed by atoms with E-state index in [0.717, 1.165) is 0 Å². The van der Waals surface area contributed by atoms with Gasteiger partial charge in [0.25, 0.3) is 11.2 Å². The van der Waals surface area contributed by atoms with Crippen molar-refractivity contribution in [3.8, 4) is 0 Å². The molecule has 1 aliphatic rings. The molecule has 168 valence electrons. The van der Waals surface area contributed by atoms with Gasteiger partial charge in [-0.15, -0.1) is 0 Å². The molecule has 2 aromatic carbocycles. The van der Waals surface area contributed by atoms with Crippen LogP contribution < -0.4 is 10.9 Å². The molecule has 1 unspecified atom stereocenters. The lowest BCUT2D eigenvalue weighted by atomic mass is 9.80. The van der Waals surface area contributed by atoms with E-state index in [1.807, 2.05) is 6.07 Å². The van der Waals surface area contributed by atoms with E-state index in [2.05, 4.69) is 15.3 Å². The minimum atomic E-state index is -1.07. The van der Waals surface area contributed by atoms with Gasteiger partial charge in [-0.2, -0.15) is 0 Å². The lowest BCUT2D eigenvalue weighted by Gasteiger charge is -2.30. The Morgan fingerprint density at radius 3 is 2.55 bits per heavy atom. The van der Waals surface area contributed by atoms with Crippen LogP contribution in [0.4, 0.5) is 11.5 Å². The standard InChI is InChI=1S/C23H20N4O5S/c1-3-32-22(29)17-16(14-11-7-8-12-15(14)27(30)31)18-20(25-23(33-2)26-21(18)28)24-19(17)13-9-5-4-6-10-13/h4-12,16H,3H2,1-2H3,(H2,24,25,26,28). The minimum absolute atomic E-state index is 0.0981. The lowest BCUT2D eigenvalue weighted by Crippen LogP contribution is -2.31. The second kappa shape index (κ2) is 9.29. The number of H-pyrrole nitrogens is 1. The molecule has 0 fully saturated rings. The fraction of sp³-hybridized carbons (Fsp3) is 0.174. The largest absolute Gasteiger partial charge is 0.463 e. The first-order valence-corrected chi connectivity index (χ1v) is 11.3. The van der Waals surface area contributed by atoms with Crippen LogP contribution in [0.25, 0.3) is 5.70 Å². The maximum atomic E-state index is 13.3. The van der Waals surface area contributed by atoms with Crippen molar-refractivity contribution in [3.05, 3.63) is 97.3 Å². The number of carbonyl (C=O) groups is 1. The minimum Gasteiger partial charge on any atom is -0.463 e. The number of thioether (sulfide) groups is 1. The molecule has 0 amide bonds. The maximum absolute atomic E-state index is 13.3. The first-order chi connectivity index (χ1) is 16.0. The third kappa shape index (κ3) is 4.12. The second-order valence-corrected chi connectivity index (χ2v) is 7.88. The van der Waals surface area contributed by atoms with E-state index in [1.54, 1.807) is 49.6 Å². The number of fused-ring (bicyclic) bond motifs is 1. The molecular weight excluding hydrogens is 444 g/mol. The second-order valence-electron chi connectivity index (χ2n) is 7.09. The molecule has 0 bridgehead atoms. The molecule has 33 heavy (non-hydrogen) atoms. The number of nitrogens with zero attached hydrogens (tertiary/aromatic N) is 2. The summed E-state index contributed by atoms with van der Waals surface area (Å²) in [5, 5.41) is 15.4. The average Bonchev–Trinajstić information content (AvgIpc) is 2.83. The molecule has 1 aliphatic heterocycles. The van der Waals surface area contributed by atoms with Gasteiger partial charge < -0.3 is 15.0 Å². The number of rotatable bonds is 6. The molecule has 0 saturated carbocycles. The van der Waals surface area contributed by atoms with E-state index in [4.69, 9.17) is 4.74 Å². The van der Waals surface area contributed by atoms with Crippen LogP contribution in [0.1, 0.15) is 29.5 Å². The van der Waals surface area contributed by atoms with E-state index in [1.165, 1.54) is 23.9 Å². The molecule has 2 N–H and O–H groups in total. The number of para-hydroxylation sites is 1. The first kappa shape index (κ1) is 22.3. The number of esters is 1. The van der Waals surface area contributed by atoms with Gasteiger partial charge >= 0.3 is 5.97 Å². The van der Waals surface area contributed by atoms with Gasteiger partial charge in [-0.1, -0.05) is 60.3 Å². The summed E-state index contributed by atoms with van der Waals surface area (Å²) in [4.78, 5) is 45.0. The van der Waals surface area contributed by atoms with Gasteiger partial charge in [0.15, 0.2) is 5.16 Å². The molecule has 0 saturated heterocycles. The zero-order valence-corrected chi connectivity index (χ0v) is 18.6. The number of anilines is 1. The van der Waals surface area contributed by atoms with Crippen molar-refractivity contribution in [2.75, 3.05) is 18.2 Å². The molecule has 1 aromatic heterocycles. The SMILES string of the molecule is CCOC(=O)C1=C(c2ccccc2)Nc2nc(SC)[nH]c(=O)c2C1c1ccccc1[N+](=O)[O-]. The van der Waals surface area contributed by atoms with Gasteiger partial charge in [-0.05, 0) is 18.7 Å². The smallest absolute Gasteiger partial charge is 0.337 e. The number of nitrogens with one attached hydrogen (secondary N) is 2. The fourth-order valence-electron chi connectivity index (χ4n) is 3.87. The molecule has 1 atom stereocenters. The predicted molar refractivity (Wildman–Crippen MR) is 125 cm³/mol. The number of carbonyl (C=O) groups excluding carboxylic acids is 1. The lowest BCUT2D eigenvalue weighted by molar-refractivity contribution is -0.385. The molecule has 0 radical (unpaired) electrons. The summed E-state index contributed by atoms with van der Waals surface area (Å²) in [6, 6.07) is 15.1. The number of nitro benzene ring substituents is 1. The van der Waals surface area contributed by atoms with E-state index >= 15 is 0 Å². The predicted octanol–water partition coefficient (Wildman–Crippen LogP) is 3.93. The quantitative estimate of drug-likeness (QED) is 0.185. The normalized spacial score (nSPS) is 14.9. The van der Waals surface area contributed by atoms with Gasteiger partial charge in [0, 0.05) is 11.6 Å². The Hall–Kier alpha value is -3.92. The van der Waals surface area contributed by atoms with Crippen molar-refractivity contribution >= 4 is 34.9 Å². The van der Waals surface area contributed by atoms with Crippen LogP contribution in [-0.4, -0.2) is 33.7 Å². The molecule has 3 aromatic rings. The Kier molecular flexibility index (Phi) is 6.27. The monoisotopic (exact) mass is 464 g/mol. The van der Waals surface area contributed by atoms with Crippen LogP contribution in [-0.2, 0) is 9.53 Å². The van der Waals surface area contributed by atoms with Crippen LogP contribution in [0.5, 0.6) is 0 Å². The highest BCUT2D eigenvalue weighted by Gasteiger charge is 2.40. The summed E-state index contributed by atoms with van der Waals surface area (Å²) in [6.45, 7) is 1.77. The highest BCUT2D eigenvalue weighted by Crippen LogP contribution is 2.45. The van der Waals surface area contributed by atoms with Crippen molar-refractivity contribution in [2.45, 2.75) is 18.0 Å². The van der Waals surface area contributed by atoms with E-state index in [-0.39, 0.29) is 34.8 Å². The van der Waals surface area contributed by atoms with E-state index in [9.17, 15) is 19.7 Å². The molecule has 2 heterocycles. The van der Waals surface area contributed by atoms with Gasteiger partial charge in [-0.25, -0.2) is 9.78 Å². The highest BCUT2D eigenvalue weighted by molar-refractivity contribution is 7.98. The fourth-order valence-corrected chi connectivity index (χ4v) is 4.24. The summed E-state index contributed by atoms with van der Waals surface area (Å²) in [6.07, 6.45) is 1.77. The number of hydrogen-bond donors (Lipinski definition) is 2. The molecule has 0 aliphatic carbocycles. The van der Waals surface area contributed by atoms with Crippen LogP contribution in [0.15, 0.2) is 70.1 Å². The molecular formula is C23H20N4O5S. The van der Waals surface area contributed by atoms with Crippen molar-refractivity contribution in [1.29, 1.82) is 0 Å². The first-order valence-electron chi connectivity index (χ1n) is 10.1. The van der Waals surface area contributed by atoms with Gasteiger partial charge in [0.2, 0.25) is 0 Å². The topological polar surface area (TPSA) is 127 Å². The Morgan fingerprint density at radius 1 is 1.18 bits per heavy atom. The van der Waals surface area contributed by atoms with Crippen LogP contribution >= 0.6 is 11.8 Å². The third-order valence-electron chi connectivity index (χ3n) is 5.22. The Morgan fingerprint density at radius 2 is 1.88 bits per heavy atom. The number of nitro groups is 1. The highest BCUT2D eigenvalue weighted by atomic mass is 32.2. The average molecular weight is 465 g/mol. The van der Waals surface area contributed by atoms with Crippen LogP contribution in [0.2, 0.25) is 0 Å². The molecule has 0 spiro atoms. The van der Waals surface area contributed by atoms with Gasteiger partial charge in [0.05, 0.1) is 34.3 Å². The summed E-state index contributed by atoms with van der Waals surface area (Å²) >= 11 is 1.25. The third-order valence-corrected chi connectivity index (χ3v) is 5.80. The maximum Gasteiger partial charge on any atom is 0.337 e. The summed E-state index contributed by atoms with van der Waals surface area (Å²) < 4.78 is 5.34. The molecule has 10 heteroatoms. The zero-order valence-electron chi connectivity index (χ0n) is 17.8.